The normalized spacial score (nSPS) is 18.1. The van der Waals surface area contributed by atoms with Gasteiger partial charge in [0, 0.05) is 25.4 Å². The lowest BCUT2D eigenvalue weighted by Crippen LogP contribution is -2.41. The molecule has 76 valence electrons. The number of carbonyl (C=O) groups is 1. The van der Waals surface area contributed by atoms with Gasteiger partial charge in [0.25, 0.3) is 0 Å². The van der Waals surface area contributed by atoms with E-state index in [1.807, 2.05) is 16.7 Å². The number of hydrogen-bond acceptors (Lipinski definition) is 2. The maximum Gasteiger partial charge on any atom is 0.317 e. The minimum atomic E-state index is 0.115. The standard InChI is InChI=1S/C9H18N2OS/c1-2-4-10-9(12)11-5-3-7-13-8-6-11/h2-8H2,1H3,(H,10,12). The minimum Gasteiger partial charge on any atom is -0.338 e. The van der Waals surface area contributed by atoms with Crippen LogP contribution in [0.1, 0.15) is 19.8 Å². The predicted molar refractivity (Wildman–Crippen MR) is 57.2 cm³/mol. The zero-order chi connectivity index (χ0) is 9.52. The molecule has 0 atom stereocenters. The number of carbonyl (C=O) groups excluding carboxylic acids is 1. The highest BCUT2D eigenvalue weighted by Crippen LogP contribution is 2.09. The van der Waals surface area contributed by atoms with Crippen molar-refractivity contribution in [1.82, 2.24) is 10.2 Å². The van der Waals surface area contributed by atoms with E-state index in [2.05, 4.69) is 12.2 Å². The summed E-state index contributed by atoms with van der Waals surface area (Å²) in [5.74, 6) is 2.27. The summed E-state index contributed by atoms with van der Waals surface area (Å²) in [6, 6.07) is 0.115. The van der Waals surface area contributed by atoms with Crippen LogP contribution in [0.15, 0.2) is 0 Å². The molecule has 1 heterocycles. The van der Waals surface area contributed by atoms with Gasteiger partial charge in [0.05, 0.1) is 0 Å². The van der Waals surface area contributed by atoms with Gasteiger partial charge in [-0.05, 0) is 18.6 Å². The molecule has 1 rings (SSSR count). The molecule has 0 aromatic heterocycles. The zero-order valence-electron chi connectivity index (χ0n) is 8.21. The fraction of sp³-hybridized carbons (Fsp3) is 0.889. The van der Waals surface area contributed by atoms with Crippen LogP contribution in [0.25, 0.3) is 0 Å². The molecule has 1 fully saturated rings. The van der Waals surface area contributed by atoms with Crippen molar-refractivity contribution in [2.24, 2.45) is 0 Å². The maximum atomic E-state index is 11.5. The van der Waals surface area contributed by atoms with Crippen molar-refractivity contribution in [3.05, 3.63) is 0 Å². The Hall–Kier alpha value is -0.380. The van der Waals surface area contributed by atoms with E-state index in [-0.39, 0.29) is 6.03 Å². The van der Waals surface area contributed by atoms with Crippen LogP contribution in [-0.2, 0) is 0 Å². The van der Waals surface area contributed by atoms with Crippen LogP contribution < -0.4 is 5.32 Å². The molecule has 13 heavy (non-hydrogen) atoms. The van der Waals surface area contributed by atoms with Gasteiger partial charge in [-0.3, -0.25) is 0 Å². The van der Waals surface area contributed by atoms with Gasteiger partial charge < -0.3 is 10.2 Å². The van der Waals surface area contributed by atoms with Crippen molar-refractivity contribution in [3.8, 4) is 0 Å². The van der Waals surface area contributed by atoms with E-state index in [1.54, 1.807) is 0 Å². The van der Waals surface area contributed by atoms with E-state index in [9.17, 15) is 4.79 Å². The number of thioether (sulfide) groups is 1. The van der Waals surface area contributed by atoms with Crippen LogP contribution in [0.5, 0.6) is 0 Å². The molecular weight excluding hydrogens is 184 g/mol. The van der Waals surface area contributed by atoms with Crippen LogP contribution in [0.4, 0.5) is 4.79 Å². The van der Waals surface area contributed by atoms with Crippen molar-refractivity contribution in [3.63, 3.8) is 0 Å². The first-order valence-electron chi connectivity index (χ1n) is 4.95. The second kappa shape index (κ2) is 6.13. The Kier molecular flexibility index (Phi) is 5.05. The van der Waals surface area contributed by atoms with E-state index in [1.165, 1.54) is 5.75 Å². The molecule has 1 aliphatic heterocycles. The van der Waals surface area contributed by atoms with Gasteiger partial charge in [0.1, 0.15) is 0 Å². The van der Waals surface area contributed by atoms with Gasteiger partial charge in [0.2, 0.25) is 0 Å². The minimum absolute atomic E-state index is 0.115. The second-order valence-electron chi connectivity index (χ2n) is 3.18. The third kappa shape index (κ3) is 3.89. The monoisotopic (exact) mass is 202 g/mol. The topological polar surface area (TPSA) is 32.3 Å². The average molecular weight is 202 g/mol. The first-order chi connectivity index (χ1) is 6.34. The lowest BCUT2D eigenvalue weighted by atomic mass is 10.4. The van der Waals surface area contributed by atoms with E-state index in [0.717, 1.165) is 38.2 Å². The maximum absolute atomic E-state index is 11.5. The predicted octanol–water partition coefficient (Wildman–Crippen LogP) is 1.54. The smallest absolute Gasteiger partial charge is 0.317 e. The molecule has 0 aromatic carbocycles. The number of rotatable bonds is 2. The SMILES string of the molecule is CCCNC(=O)N1CCCSCC1. The zero-order valence-corrected chi connectivity index (χ0v) is 9.03. The summed E-state index contributed by atoms with van der Waals surface area (Å²) in [7, 11) is 0. The van der Waals surface area contributed by atoms with Crippen molar-refractivity contribution < 1.29 is 4.79 Å². The summed E-state index contributed by atoms with van der Waals surface area (Å²) in [4.78, 5) is 13.4. The fourth-order valence-corrected chi connectivity index (χ4v) is 2.18. The van der Waals surface area contributed by atoms with Crippen LogP contribution in [-0.4, -0.2) is 42.1 Å². The summed E-state index contributed by atoms with van der Waals surface area (Å²) in [6.07, 6.45) is 2.14. The first kappa shape index (κ1) is 10.7. The molecule has 0 saturated carbocycles. The number of nitrogens with zero attached hydrogens (tertiary/aromatic N) is 1. The largest absolute Gasteiger partial charge is 0.338 e. The molecule has 2 amide bonds. The molecule has 0 radical (unpaired) electrons. The summed E-state index contributed by atoms with van der Waals surface area (Å²) in [5, 5.41) is 2.91. The molecule has 0 unspecified atom stereocenters. The number of urea groups is 1. The van der Waals surface area contributed by atoms with Gasteiger partial charge >= 0.3 is 6.03 Å². The molecule has 0 spiro atoms. The Morgan fingerprint density at radius 1 is 1.46 bits per heavy atom. The highest BCUT2D eigenvalue weighted by Gasteiger charge is 2.14. The van der Waals surface area contributed by atoms with Crippen molar-refractivity contribution >= 4 is 17.8 Å². The molecule has 1 N–H and O–H groups in total. The molecule has 0 aromatic rings. The van der Waals surface area contributed by atoms with Crippen LogP contribution >= 0.6 is 11.8 Å². The number of nitrogens with one attached hydrogen (secondary N) is 1. The van der Waals surface area contributed by atoms with Crippen molar-refractivity contribution in [2.45, 2.75) is 19.8 Å². The van der Waals surface area contributed by atoms with E-state index < -0.39 is 0 Å². The van der Waals surface area contributed by atoms with Crippen LogP contribution in [0, 0.1) is 0 Å². The Balaban J connectivity index is 2.26. The van der Waals surface area contributed by atoms with Gasteiger partial charge in [-0.1, -0.05) is 6.92 Å². The van der Waals surface area contributed by atoms with E-state index in [0.29, 0.717) is 0 Å². The van der Waals surface area contributed by atoms with Gasteiger partial charge in [-0.25, -0.2) is 4.79 Å². The number of amides is 2. The van der Waals surface area contributed by atoms with E-state index >= 15 is 0 Å². The molecule has 3 nitrogen and oxygen atoms in total. The summed E-state index contributed by atoms with van der Waals surface area (Å²) in [5.41, 5.74) is 0. The molecule has 1 aliphatic rings. The lowest BCUT2D eigenvalue weighted by Gasteiger charge is -2.20. The van der Waals surface area contributed by atoms with Crippen LogP contribution in [0.2, 0.25) is 0 Å². The highest BCUT2D eigenvalue weighted by molar-refractivity contribution is 7.99. The number of hydrogen-bond donors (Lipinski definition) is 1. The Morgan fingerprint density at radius 3 is 3.08 bits per heavy atom. The molecular formula is C9H18N2OS. The summed E-state index contributed by atoms with van der Waals surface area (Å²) >= 11 is 1.94. The quantitative estimate of drug-likeness (QED) is 0.737. The average Bonchev–Trinajstić information content (AvgIpc) is 2.42. The van der Waals surface area contributed by atoms with Gasteiger partial charge in [-0.2, -0.15) is 11.8 Å². The Bertz CT molecular complexity index is 156. The van der Waals surface area contributed by atoms with Crippen LogP contribution in [0.3, 0.4) is 0 Å². The third-order valence-electron chi connectivity index (χ3n) is 2.04. The summed E-state index contributed by atoms with van der Waals surface area (Å²) < 4.78 is 0. The first-order valence-corrected chi connectivity index (χ1v) is 6.10. The highest BCUT2D eigenvalue weighted by atomic mass is 32.2. The molecule has 4 heteroatoms. The van der Waals surface area contributed by atoms with Crippen molar-refractivity contribution in [2.75, 3.05) is 31.1 Å². The lowest BCUT2D eigenvalue weighted by molar-refractivity contribution is 0.202. The third-order valence-corrected chi connectivity index (χ3v) is 3.08. The Labute approximate surface area is 84.2 Å². The Morgan fingerprint density at radius 2 is 2.31 bits per heavy atom. The van der Waals surface area contributed by atoms with Crippen molar-refractivity contribution in [1.29, 1.82) is 0 Å². The van der Waals surface area contributed by atoms with E-state index in [4.69, 9.17) is 0 Å². The van der Waals surface area contributed by atoms with Gasteiger partial charge in [0.15, 0.2) is 0 Å². The van der Waals surface area contributed by atoms with Gasteiger partial charge in [-0.15, -0.1) is 0 Å². The molecule has 0 bridgehead atoms. The molecule has 1 saturated heterocycles. The second-order valence-corrected chi connectivity index (χ2v) is 4.41. The fourth-order valence-electron chi connectivity index (χ4n) is 1.29. The molecule has 0 aliphatic carbocycles. The summed E-state index contributed by atoms with van der Waals surface area (Å²) in [6.45, 7) is 4.68.